The largest absolute Gasteiger partial charge is 0.285 e. The van der Waals surface area contributed by atoms with E-state index >= 15 is 0 Å². The van der Waals surface area contributed by atoms with Crippen molar-refractivity contribution in [2.24, 2.45) is 0 Å². The van der Waals surface area contributed by atoms with Gasteiger partial charge in [-0.1, -0.05) is 6.08 Å². The molecule has 4 nitrogen and oxygen atoms in total. The van der Waals surface area contributed by atoms with Gasteiger partial charge in [0, 0.05) is 15.7 Å². The number of Topliss-reactive ketones (excluding diaryl/α,β-unsaturated/α-hetero) is 2. The lowest BCUT2D eigenvalue weighted by molar-refractivity contribution is -0.483. The lowest BCUT2D eigenvalue weighted by Crippen LogP contribution is -2.34. The van der Waals surface area contributed by atoms with Crippen LogP contribution in [0.5, 0.6) is 0 Å². The zero-order chi connectivity index (χ0) is 9.42. The standard InChI is InChI=1S/C9H8NO3/c11-8-5-10(13)7-4-2-1-3-6(7)9(8)12/h2,4H,1,3,5H2/q+1. The molecule has 1 aliphatic heterocycles. The Labute approximate surface area is 74.5 Å². The highest BCUT2D eigenvalue weighted by Crippen LogP contribution is 2.23. The SMILES string of the molecule is O=C1C[N+](=O)C2=C(CCC=C2)C1=O. The number of carbonyl (C=O) groups excluding carboxylic acids is 2. The van der Waals surface area contributed by atoms with E-state index in [4.69, 9.17) is 0 Å². The molecular formula is C9H8NO3+. The van der Waals surface area contributed by atoms with Crippen LogP contribution in [0, 0.1) is 4.91 Å². The zero-order valence-electron chi connectivity index (χ0n) is 6.95. The number of nitrogens with zero attached hydrogens (tertiary/aromatic N) is 1. The third-order valence-electron chi connectivity index (χ3n) is 2.23. The fourth-order valence-corrected chi connectivity index (χ4v) is 1.57. The van der Waals surface area contributed by atoms with Crippen molar-refractivity contribution in [3.63, 3.8) is 0 Å². The Morgan fingerprint density at radius 3 is 2.85 bits per heavy atom. The molecule has 2 rings (SSSR count). The van der Waals surface area contributed by atoms with Crippen LogP contribution in [0.2, 0.25) is 0 Å². The Balaban J connectivity index is 2.53. The van der Waals surface area contributed by atoms with E-state index in [1.807, 2.05) is 6.08 Å². The van der Waals surface area contributed by atoms with Gasteiger partial charge in [0.15, 0.2) is 0 Å². The number of hydrogen-bond acceptors (Lipinski definition) is 3. The molecule has 1 aliphatic carbocycles. The van der Waals surface area contributed by atoms with Crippen LogP contribution in [0.25, 0.3) is 0 Å². The summed E-state index contributed by atoms with van der Waals surface area (Å²) in [6.45, 7) is -0.331. The van der Waals surface area contributed by atoms with Crippen molar-refractivity contribution < 1.29 is 14.3 Å². The van der Waals surface area contributed by atoms with Gasteiger partial charge in [0.2, 0.25) is 5.78 Å². The summed E-state index contributed by atoms with van der Waals surface area (Å²) in [5, 5.41) is 0. The summed E-state index contributed by atoms with van der Waals surface area (Å²) < 4.78 is 0.592. The van der Waals surface area contributed by atoms with Gasteiger partial charge in [-0.05, 0) is 12.8 Å². The number of nitroso groups, excluding NO2 is 1. The monoisotopic (exact) mass is 178 g/mol. The molecule has 0 amide bonds. The quantitative estimate of drug-likeness (QED) is 0.401. The second-order valence-electron chi connectivity index (χ2n) is 3.09. The second-order valence-corrected chi connectivity index (χ2v) is 3.09. The van der Waals surface area contributed by atoms with Crippen molar-refractivity contribution in [2.75, 3.05) is 6.54 Å². The van der Waals surface area contributed by atoms with Gasteiger partial charge in [-0.2, -0.15) is 0 Å². The van der Waals surface area contributed by atoms with Crippen molar-refractivity contribution in [1.29, 1.82) is 0 Å². The van der Waals surface area contributed by atoms with Crippen LogP contribution in [0.4, 0.5) is 0 Å². The summed E-state index contributed by atoms with van der Waals surface area (Å²) in [5.74, 6) is -1.07. The van der Waals surface area contributed by atoms with E-state index in [2.05, 4.69) is 0 Å². The third-order valence-corrected chi connectivity index (χ3v) is 2.23. The summed E-state index contributed by atoms with van der Waals surface area (Å²) in [4.78, 5) is 33.5. The number of ketones is 2. The fourth-order valence-electron chi connectivity index (χ4n) is 1.57. The van der Waals surface area contributed by atoms with Crippen LogP contribution in [0.15, 0.2) is 23.4 Å². The van der Waals surface area contributed by atoms with E-state index in [1.54, 1.807) is 6.08 Å². The van der Waals surface area contributed by atoms with Crippen molar-refractivity contribution in [1.82, 2.24) is 0 Å². The van der Waals surface area contributed by atoms with Crippen LogP contribution in [0.3, 0.4) is 0 Å². The Morgan fingerprint density at radius 1 is 1.31 bits per heavy atom. The van der Waals surface area contributed by atoms with E-state index in [1.165, 1.54) is 0 Å². The first kappa shape index (κ1) is 8.04. The fraction of sp³-hybridized carbons (Fsp3) is 0.333. The molecule has 1 heterocycles. The topological polar surface area (TPSA) is 54.2 Å². The molecule has 0 atom stereocenters. The lowest BCUT2D eigenvalue weighted by atomic mass is 9.93. The van der Waals surface area contributed by atoms with E-state index in [0.29, 0.717) is 22.5 Å². The predicted octanol–water partition coefficient (Wildman–Crippen LogP) is 0.521. The Hall–Kier alpha value is -1.58. The molecule has 0 spiro atoms. The van der Waals surface area contributed by atoms with Gasteiger partial charge in [-0.15, -0.1) is 0 Å². The summed E-state index contributed by atoms with van der Waals surface area (Å²) in [6.07, 6.45) is 4.70. The van der Waals surface area contributed by atoms with Gasteiger partial charge >= 0.3 is 0 Å². The third kappa shape index (κ3) is 1.14. The van der Waals surface area contributed by atoms with Crippen LogP contribution in [0.1, 0.15) is 12.8 Å². The molecule has 0 aromatic carbocycles. The average molecular weight is 178 g/mol. The van der Waals surface area contributed by atoms with Gasteiger partial charge in [-0.25, -0.2) is 0 Å². The zero-order valence-corrected chi connectivity index (χ0v) is 6.95. The highest BCUT2D eigenvalue weighted by atomic mass is 16.3. The maximum Gasteiger partial charge on any atom is 0.272 e. The molecule has 0 N–H and O–H groups in total. The van der Waals surface area contributed by atoms with Crippen LogP contribution < -0.4 is 0 Å². The minimum Gasteiger partial charge on any atom is -0.285 e. The van der Waals surface area contributed by atoms with Gasteiger partial charge in [0.1, 0.15) is 0 Å². The first-order valence-corrected chi connectivity index (χ1v) is 4.12. The minimum atomic E-state index is -0.593. The summed E-state index contributed by atoms with van der Waals surface area (Å²) >= 11 is 0. The molecule has 2 aliphatic rings. The van der Waals surface area contributed by atoms with Crippen molar-refractivity contribution >= 4 is 11.6 Å². The van der Waals surface area contributed by atoms with E-state index in [-0.39, 0.29) is 6.54 Å². The molecule has 66 valence electrons. The summed E-state index contributed by atoms with van der Waals surface area (Å²) in [6, 6.07) is 0. The molecule has 0 unspecified atom stereocenters. The molecule has 4 heteroatoms. The number of allylic oxidation sites excluding steroid dienone is 3. The highest BCUT2D eigenvalue weighted by Gasteiger charge is 2.38. The molecule has 0 saturated carbocycles. The first-order valence-electron chi connectivity index (χ1n) is 4.12. The number of rotatable bonds is 0. The molecule has 0 fully saturated rings. The van der Waals surface area contributed by atoms with E-state index in [0.717, 1.165) is 6.42 Å². The van der Waals surface area contributed by atoms with Crippen molar-refractivity contribution in [3.05, 3.63) is 28.3 Å². The minimum absolute atomic E-state index is 0.331. The van der Waals surface area contributed by atoms with Gasteiger partial charge in [0.05, 0.1) is 5.57 Å². The van der Waals surface area contributed by atoms with Crippen molar-refractivity contribution in [3.8, 4) is 0 Å². The molecule has 0 saturated heterocycles. The summed E-state index contributed by atoms with van der Waals surface area (Å²) in [7, 11) is 0. The molecule has 0 bridgehead atoms. The number of hydrogen-bond donors (Lipinski definition) is 0. The molecule has 0 radical (unpaired) electrons. The maximum absolute atomic E-state index is 11.3. The molecular weight excluding hydrogens is 170 g/mol. The number of carbonyl (C=O) groups is 2. The Morgan fingerprint density at radius 2 is 2.08 bits per heavy atom. The first-order chi connectivity index (χ1) is 6.20. The maximum atomic E-state index is 11.3. The van der Waals surface area contributed by atoms with E-state index in [9.17, 15) is 14.5 Å². The molecule has 0 aromatic rings. The second kappa shape index (κ2) is 2.73. The average Bonchev–Trinajstić information content (AvgIpc) is 2.15. The lowest BCUT2D eigenvalue weighted by Gasteiger charge is -2.11. The molecule has 13 heavy (non-hydrogen) atoms. The highest BCUT2D eigenvalue weighted by molar-refractivity contribution is 6.44. The van der Waals surface area contributed by atoms with Crippen molar-refractivity contribution in [2.45, 2.75) is 12.8 Å². The smallest absolute Gasteiger partial charge is 0.272 e. The van der Waals surface area contributed by atoms with E-state index < -0.39 is 11.6 Å². The van der Waals surface area contributed by atoms with Crippen LogP contribution >= 0.6 is 0 Å². The Kier molecular flexibility index (Phi) is 1.69. The molecule has 0 aromatic heterocycles. The van der Waals surface area contributed by atoms with Crippen LogP contribution in [-0.2, 0) is 9.59 Å². The Bertz CT molecular complexity index is 376. The summed E-state index contributed by atoms with van der Waals surface area (Å²) in [5.41, 5.74) is 0.754. The predicted molar refractivity (Wildman–Crippen MR) is 43.9 cm³/mol. The van der Waals surface area contributed by atoms with Gasteiger partial charge in [-0.3, -0.25) is 9.59 Å². The van der Waals surface area contributed by atoms with Crippen LogP contribution in [-0.4, -0.2) is 22.9 Å². The van der Waals surface area contributed by atoms with Gasteiger partial charge in [0.25, 0.3) is 18.0 Å². The normalized spacial score (nSPS) is 22.3. The van der Waals surface area contributed by atoms with Gasteiger partial charge < -0.3 is 0 Å².